The summed E-state index contributed by atoms with van der Waals surface area (Å²) < 4.78 is 39.9. The Kier molecular flexibility index (Phi) is 5.54. The third kappa shape index (κ3) is 4.82. The first-order valence-electron chi connectivity index (χ1n) is 8.42. The van der Waals surface area contributed by atoms with E-state index in [1.165, 1.54) is 23.6 Å². The number of aromatic nitrogens is 3. The molecule has 154 valence electrons. The number of sulfonamides is 1. The van der Waals surface area contributed by atoms with Crippen molar-refractivity contribution >= 4 is 44.6 Å². The van der Waals surface area contributed by atoms with Crippen LogP contribution < -0.4 is 10.5 Å². The van der Waals surface area contributed by atoms with Crippen molar-refractivity contribution in [3.8, 4) is 21.8 Å². The van der Waals surface area contributed by atoms with Crippen LogP contribution in [-0.2, 0) is 15.4 Å². The molecular formula is C18H19ClFN5O2S2. The molecule has 0 saturated carbocycles. The highest BCUT2D eigenvalue weighted by Gasteiger charge is 2.26. The summed E-state index contributed by atoms with van der Waals surface area (Å²) in [5, 5.41) is 0.809. The second-order valence-electron chi connectivity index (χ2n) is 7.44. The van der Waals surface area contributed by atoms with Gasteiger partial charge in [-0.2, -0.15) is 0 Å². The van der Waals surface area contributed by atoms with Crippen LogP contribution in [0.4, 0.5) is 16.0 Å². The average Bonchev–Trinajstić information content (AvgIpc) is 3.02. The van der Waals surface area contributed by atoms with Crippen molar-refractivity contribution in [3.05, 3.63) is 40.2 Å². The van der Waals surface area contributed by atoms with Crippen LogP contribution in [0.5, 0.6) is 0 Å². The summed E-state index contributed by atoms with van der Waals surface area (Å²) in [6.45, 7) is 5.99. The average molecular weight is 456 g/mol. The molecule has 1 aromatic carbocycles. The number of hydrogen-bond acceptors (Lipinski definition) is 7. The molecule has 3 N–H and O–H groups in total. The zero-order valence-electron chi connectivity index (χ0n) is 16.1. The van der Waals surface area contributed by atoms with Gasteiger partial charge >= 0.3 is 0 Å². The number of hydrogen-bond donors (Lipinski definition) is 2. The largest absolute Gasteiger partial charge is 0.368 e. The fourth-order valence-corrected chi connectivity index (χ4v) is 4.50. The van der Waals surface area contributed by atoms with E-state index in [1.807, 2.05) is 20.8 Å². The van der Waals surface area contributed by atoms with Gasteiger partial charge in [0.15, 0.2) is 0 Å². The Morgan fingerprint density at radius 1 is 1.24 bits per heavy atom. The summed E-state index contributed by atoms with van der Waals surface area (Å²) in [7, 11) is -3.66. The molecule has 7 nitrogen and oxygen atoms in total. The summed E-state index contributed by atoms with van der Waals surface area (Å²) >= 11 is 7.83. The number of rotatable bonds is 4. The smallest absolute Gasteiger partial charge is 0.229 e. The van der Waals surface area contributed by atoms with Crippen LogP contribution in [0.1, 0.15) is 25.8 Å². The van der Waals surface area contributed by atoms with Gasteiger partial charge in [-0.1, -0.05) is 32.4 Å². The lowest BCUT2D eigenvalue weighted by Crippen LogP contribution is -2.11. The van der Waals surface area contributed by atoms with Crippen LogP contribution in [0.2, 0.25) is 5.02 Å². The molecule has 0 bridgehead atoms. The Morgan fingerprint density at radius 3 is 2.52 bits per heavy atom. The van der Waals surface area contributed by atoms with E-state index < -0.39 is 15.8 Å². The summed E-state index contributed by atoms with van der Waals surface area (Å²) in [6.07, 6.45) is 2.48. The van der Waals surface area contributed by atoms with Crippen molar-refractivity contribution in [1.82, 2.24) is 15.0 Å². The van der Waals surface area contributed by atoms with Crippen molar-refractivity contribution in [2.45, 2.75) is 26.2 Å². The molecule has 0 unspecified atom stereocenters. The van der Waals surface area contributed by atoms with Gasteiger partial charge in [0.05, 0.1) is 38.2 Å². The lowest BCUT2D eigenvalue weighted by atomic mass is 9.98. The third-order valence-electron chi connectivity index (χ3n) is 3.76. The molecule has 0 aliphatic heterocycles. The van der Waals surface area contributed by atoms with E-state index in [9.17, 15) is 12.8 Å². The van der Waals surface area contributed by atoms with Gasteiger partial charge in [0.2, 0.25) is 16.0 Å². The number of anilines is 2. The summed E-state index contributed by atoms with van der Waals surface area (Å²) in [5.74, 6) is -0.571. The Hall–Kier alpha value is -2.30. The monoisotopic (exact) mass is 455 g/mol. The number of halogens is 2. The predicted molar refractivity (Wildman–Crippen MR) is 115 cm³/mol. The maximum atomic E-state index is 14.3. The second-order valence-corrected chi connectivity index (χ2v) is 10.6. The Labute approximate surface area is 177 Å². The molecule has 0 radical (unpaired) electrons. The minimum atomic E-state index is -3.66. The minimum Gasteiger partial charge on any atom is -0.368 e. The molecule has 0 fully saturated rings. The van der Waals surface area contributed by atoms with Crippen molar-refractivity contribution < 1.29 is 12.8 Å². The molecule has 0 saturated heterocycles. The van der Waals surface area contributed by atoms with Gasteiger partial charge in [0.25, 0.3) is 0 Å². The molecule has 2 heterocycles. The Morgan fingerprint density at radius 2 is 1.93 bits per heavy atom. The van der Waals surface area contributed by atoms with Gasteiger partial charge in [-0.15, -0.1) is 11.3 Å². The molecule has 0 spiro atoms. The van der Waals surface area contributed by atoms with Crippen molar-refractivity contribution in [2.75, 3.05) is 16.7 Å². The molecule has 0 aliphatic carbocycles. The van der Waals surface area contributed by atoms with Crippen molar-refractivity contribution in [3.63, 3.8) is 0 Å². The first-order valence-corrected chi connectivity index (χ1v) is 11.5. The van der Waals surface area contributed by atoms with Gasteiger partial charge in [-0.25, -0.2) is 27.8 Å². The van der Waals surface area contributed by atoms with E-state index in [2.05, 4.69) is 19.7 Å². The zero-order chi connectivity index (χ0) is 21.6. The maximum absolute atomic E-state index is 14.3. The van der Waals surface area contributed by atoms with E-state index in [4.69, 9.17) is 17.3 Å². The normalized spacial score (nSPS) is 12.2. The third-order valence-corrected chi connectivity index (χ3v) is 6.26. The first kappa shape index (κ1) is 21.4. The first-order chi connectivity index (χ1) is 13.3. The zero-order valence-corrected chi connectivity index (χ0v) is 18.5. The lowest BCUT2D eigenvalue weighted by Gasteiger charge is -2.14. The molecule has 0 atom stereocenters. The molecule has 2 aromatic heterocycles. The Balaban J connectivity index is 2.29. The van der Waals surface area contributed by atoms with Crippen LogP contribution in [0, 0.1) is 5.82 Å². The van der Waals surface area contributed by atoms with E-state index in [-0.39, 0.29) is 27.6 Å². The SMILES string of the molecule is CC(C)(C)c1nc(-c2cc(F)cc(NS(C)(=O)=O)c2Cl)c(-c2ccnc(N)n2)s1. The fraction of sp³-hybridized carbons (Fsp3) is 0.278. The highest BCUT2D eigenvalue weighted by atomic mass is 35.5. The molecule has 0 aliphatic rings. The van der Waals surface area contributed by atoms with Crippen LogP contribution in [0.25, 0.3) is 21.8 Å². The molecule has 29 heavy (non-hydrogen) atoms. The number of nitrogen functional groups attached to an aromatic ring is 1. The van der Waals surface area contributed by atoms with Crippen molar-refractivity contribution in [2.24, 2.45) is 0 Å². The van der Waals surface area contributed by atoms with Crippen LogP contribution in [0.3, 0.4) is 0 Å². The lowest BCUT2D eigenvalue weighted by molar-refractivity contribution is 0.586. The van der Waals surface area contributed by atoms with Gasteiger partial charge < -0.3 is 5.73 Å². The topological polar surface area (TPSA) is 111 Å². The van der Waals surface area contributed by atoms with E-state index in [0.29, 0.717) is 16.3 Å². The van der Waals surface area contributed by atoms with Crippen LogP contribution >= 0.6 is 22.9 Å². The predicted octanol–water partition coefficient (Wildman–Crippen LogP) is 4.31. The molecule has 3 aromatic rings. The van der Waals surface area contributed by atoms with Gasteiger partial charge in [0, 0.05) is 17.2 Å². The van der Waals surface area contributed by atoms with Gasteiger partial charge in [-0.3, -0.25) is 4.72 Å². The number of benzene rings is 1. The standard InChI is InChI=1S/C18H19ClFN5O2S2/c1-18(2,3)16-24-14(15(28-16)11-5-6-22-17(21)23-11)10-7-9(20)8-12(13(10)19)25-29(4,26)27/h5-8,25H,1-4H3,(H2,21,22,23). The van der Waals surface area contributed by atoms with Gasteiger partial charge in [-0.05, 0) is 18.2 Å². The van der Waals surface area contributed by atoms with E-state index in [1.54, 1.807) is 6.07 Å². The van der Waals surface area contributed by atoms with Crippen molar-refractivity contribution in [1.29, 1.82) is 0 Å². The highest BCUT2D eigenvalue weighted by molar-refractivity contribution is 7.92. The quantitative estimate of drug-likeness (QED) is 0.606. The van der Waals surface area contributed by atoms with Crippen LogP contribution in [0.15, 0.2) is 24.4 Å². The minimum absolute atomic E-state index is 0.0332. The molecular weight excluding hydrogens is 437 g/mol. The summed E-state index contributed by atoms with van der Waals surface area (Å²) in [5.41, 5.74) is 6.52. The maximum Gasteiger partial charge on any atom is 0.229 e. The number of thiazole rings is 1. The molecule has 0 amide bonds. The Bertz CT molecular complexity index is 1190. The number of nitrogens with zero attached hydrogens (tertiary/aromatic N) is 3. The summed E-state index contributed by atoms with van der Waals surface area (Å²) in [4.78, 5) is 13.5. The van der Waals surface area contributed by atoms with Gasteiger partial charge in [0.1, 0.15) is 5.82 Å². The summed E-state index contributed by atoms with van der Waals surface area (Å²) in [6, 6.07) is 3.90. The molecule has 11 heteroatoms. The van der Waals surface area contributed by atoms with Crippen LogP contribution in [-0.4, -0.2) is 29.6 Å². The highest BCUT2D eigenvalue weighted by Crippen LogP contribution is 2.44. The fourth-order valence-electron chi connectivity index (χ4n) is 2.53. The molecule has 3 rings (SSSR count). The number of nitrogens with one attached hydrogen (secondary N) is 1. The van der Waals surface area contributed by atoms with E-state index >= 15 is 0 Å². The number of nitrogens with two attached hydrogens (primary N) is 1. The van der Waals surface area contributed by atoms with E-state index in [0.717, 1.165) is 17.3 Å². The second kappa shape index (κ2) is 7.51.